The molecule has 0 saturated carbocycles. The van der Waals surface area contributed by atoms with E-state index in [4.69, 9.17) is 5.73 Å². The summed E-state index contributed by atoms with van der Waals surface area (Å²) in [4.78, 5) is 3.83. The molecule has 0 spiro atoms. The standard InChI is InChI=1S/C15H13FN4/c16-14-5-11(6-18-8-14)9-20-10-13(7-19-20)12-1-3-15(17)4-2-12/h1-8,10H,9,17H2. The highest BCUT2D eigenvalue weighted by molar-refractivity contribution is 5.63. The Morgan fingerprint density at radius 2 is 1.85 bits per heavy atom. The number of hydrogen-bond donors (Lipinski definition) is 1. The molecular weight excluding hydrogens is 255 g/mol. The second-order valence-corrected chi connectivity index (χ2v) is 4.56. The summed E-state index contributed by atoms with van der Waals surface area (Å²) >= 11 is 0. The van der Waals surface area contributed by atoms with E-state index in [2.05, 4.69) is 10.1 Å². The molecule has 0 saturated heterocycles. The third-order valence-electron chi connectivity index (χ3n) is 2.98. The van der Waals surface area contributed by atoms with Crippen molar-refractivity contribution in [3.63, 3.8) is 0 Å². The van der Waals surface area contributed by atoms with Gasteiger partial charge in [0.05, 0.1) is 18.9 Å². The molecule has 2 N–H and O–H groups in total. The molecule has 0 fully saturated rings. The lowest BCUT2D eigenvalue weighted by Crippen LogP contribution is -2.00. The number of nitrogen functional groups attached to an aromatic ring is 1. The molecule has 2 heterocycles. The molecule has 0 radical (unpaired) electrons. The van der Waals surface area contributed by atoms with Crippen molar-refractivity contribution >= 4 is 5.69 Å². The van der Waals surface area contributed by atoms with Crippen LogP contribution in [0.1, 0.15) is 5.56 Å². The van der Waals surface area contributed by atoms with Gasteiger partial charge in [-0.2, -0.15) is 5.10 Å². The Labute approximate surface area is 115 Å². The smallest absolute Gasteiger partial charge is 0.141 e. The van der Waals surface area contributed by atoms with Gasteiger partial charge in [-0.25, -0.2) is 4.39 Å². The maximum absolute atomic E-state index is 13.1. The van der Waals surface area contributed by atoms with Crippen LogP contribution in [-0.4, -0.2) is 14.8 Å². The molecule has 0 unspecified atom stereocenters. The molecule has 5 heteroatoms. The normalized spacial score (nSPS) is 10.7. The van der Waals surface area contributed by atoms with Crippen LogP contribution in [0.4, 0.5) is 10.1 Å². The molecule has 100 valence electrons. The number of halogens is 1. The van der Waals surface area contributed by atoms with E-state index in [1.54, 1.807) is 17.1 Å². The van der Waals surface area contributed by atoms with Crippen LogP contribution in [0.15, 0.2) is 55.1 Å². The van der Waals surface area contributed by atoms with Crippen LogP contribution in [0, 0.1) is 5.82 Å². The quantitative estimate of drug-likeness (QED) is 0.743. The first-order valence-electron chi connectivity index (χ1n) is 6.18. The summed E-state index contributed by atoms with van der Waals surface area (Å²) in [6, 6.07) is 9.05. The van der Waals surface area contributed by atoms with E-state index < -0.39 is 0 Å². The molecule has 3 rings (SSSR count). The van der Waals surface area contributed by atoms with E-state index in [0.717, 1.165) is 22.4 Å². The third kappa shape index (κ3) is 2.66. The fraction of sp³-hybridized carbons (Fsp3) is 0.0667. The molecule has 4 nitrogen and oxygen atoms in total. The van der Waals surface area contributed by atoms with Crippen LogP contribution in [0.5, 0.6) is 0 Å². The van der Waals surface area contributed by atoms with Crippen molar-refractivity contribution in [1.82, 2.24) is 14.8 Å². The van der Waals surface area contributed by atoms with Crippen LogP contribution < -0.4 is 5.73 Å². The number of hydrogen-bond acceptors (Lipinski definition) is 3. The average Bonchev–Trinajstić information content (AvgIpc) is 2.88. The average molecular weight is 268 g/mol. The van der Waals surface area contributed by atoms with E-state index >= 15 is 0 Å². The van der Waals surface area contributed by atoms with Crippen LogP contribution in [0.25, 0.3) is 11.1 Å². The highest BCUT2D eigenvalue weighted by Gasteiger charge is 2.03. The minimum absolute atomic E-state index is 0.339. The van der Waals surface area contributed by atoms with Gasteiger partial charge in [-0.15, -0.1) is 0 Å². The van der Waals surface area contributed by atoms with Gasteiger partial charge in [-0.1, -0.05) is 12.1 Å². The van der Waals surface area contributed by atoms with E-state index in [9.17, 15) is 4.39 Å². The summed E-state index contributed by atoms with van der Waals surface area (Å²) in [5, 5.41) is 4.28. The zero-order valence-corrected chi connectivity index (χ0v) is 10.7. The molecule has 0 aliphatic carbocycles. The Morgan fingerprint density at radius 1 is 1.05 bits per heavy atom. The summed E-state index contributed by atoms with van der Waals surface area (Å²) in [5.74, 6) is -0.339. The molecule has 0 aliphatic heterocycles. The van der Waals surface area contributed by atoms with E-state index in [0.29, 0.717) is 6.54 Å². The second-order valence-electron chi connectivity index (χ2n) is 4.56. The molecule has 0 amide bonds. The number of aromatic nitrogens is 3. The monoisotopic (exact) mass is 268 g/mol. The van der Waals surface area contributed by atoms with Crippen molar-refractivity contribution < 1.29 is 4.39 Å². The van der Waals surface area contributed by atoms with Gasteiger partial charge in [0.2, 0.25) is 0 Å². The number of nitrogens with two attached hydrogens (primary N) is 1. The van der Waals surface area contributed by atoms with Crippen molar-refractivity contribution in [1.29, 1.82) is 0 Å². The maximum Gasteiger partial charge on any atom is 0.141 e. The van der Waals surface area contributed by atoms with Gasteiger partial charge in [-0.05, 0) is 29.3 Å². The first-order chi connectivity index (χ1) is 9.70. The first kappa shape index (κ1) is 12.3. The van der Waals surface area contributed by atoms with Gasteiger partial charge < -0.3 is 5.73 Å². The Hall–Kier alpha value is -2.69. The molecule has 20 heavy (non-hydrogen) atoms. The summed E-state index contributed by atoms with van der Waals surface area (Å²) < 4.78 is 14.8. The van der Waals surface area contributed by atoms with E-state index in [1.807, 2.05) is 30.5 Å². The predicted molar refractivity (Wildman–Crippen MR) is 75.4 cm³/mol. The lowest BCUT2D eigenvalue weighted by atomic mass is 10.1. The van der Waals surface area contributed by atoms with Gasteiger partial charge >= 0.3 is 0 Å². The van der Waals surface area contributed by atoms with Gasteiger partial charge in [-0.3, -0.25) is 9.67 Å². The largest absolute Gasteiger partial charge is 0.399 e. The lowest BCUT2D eigenvalue weighted by Gasteiger charge is -2.01. The van der Waals surface area contributed by atoms with Crippen LogP contribution in [-0.2, 0) is 6.54 Å². The fourth-order valence-electron chi connectivity index (χ4n) is 2.00. The van der Waals surface area contributed by atoms with Crippen LogP contribution in [0.3, 0.4) is 0 Å². The maximum atomic E-state index is 13.1. The van der Waals surface area contributed by atoms with Crippen molar-refractivity contribution in [3.8, 4) is 11.1 Å². The van der Waals surface area contributed by atoms with Crippen LogP contribution >= 0.6 is 0 Å². The van der Waals surface area contributed by atoms with Crippen molar-refractivity contribution in [2.75, 3.05) is 5.73 Å². The highest BCUT2D eigenvalue weighted by atomic mass is 19.1. The highest BCUT2D eigenvalue weighted by Crippen LogP contribution is 2.20. The molecule has 0 atom stereocenters. The number of nitrogens with zero attached hydrogens (tertiary/aromatic N) is 3. The number of pyridine rings is 1. The fourth-order valence-corrected chi connectivity index (χ4v) is 2.00. The molecular formula is C15H13FN4. The van der Waals surface area contributed by atoms with Crippen LogP contribution in [0.2, 0.25) is 0 Å². The second kappa shape index (κ2) is 5.13. The zero-order chi connectivity index (χ0) is 13.9. The Bertz CT molecular complexity index is 719. The molecule has 2 aromatic heterocycles. The summed E-state index contributed by atoms with van der Waals surface area (Å²) in [7, 11) is 0. The van der Waals surface area contributed by atoms with Crippen molar-refractivity contribution in [3.05, 3.63) is 66.5 Å². The molecule has 0 bridgehead atoms. The summed E-state index contributed by atoms with van der Waals surface area (Å²) in [5.41, 5.74) is 9.21. The predicted octanol–water partition coefficient (Wildman–Crippen LogP) is 2.71. The number of anilines is 1. The molecule has 0 aliphatic rings. The van der Waals surface area contributed by atoms with Gasteiger partial charge in [0.25, 0.3) is 0 Å². The summed E-state index contributed by atoms with van der Waals surface area (Å²) in [6.07, 6.45) is 6.51. The number of benzene rings is 1. The van der Waals surface area contributed by atoms with Gasteiger partial charge in [0, 0.05) is 23.6 Å². The zero-order valence-electron chi connectivity index (χ0n) is 10.7. The topological polar surface area (TPSA) is 56.7 Å². The molecule has 1 aromatic carbocycles. The van der Waals surface area contributed by atoms with E-state index in [1.165, 1.54) is 12.3 Å². The van der Waals surface area contributed by atoms with Gasteiger partial charge in [0.1, 0.15) is 5.82 Å². The minimum atomic E-state index is -0.339. The Balaban J connectivity index is 1.82. The third-order valence-corrected chi connectivity index (χ3v) is 2.98. The summed E-state index contributed by atoms with van der Waals surface area (Å²) in [6.45, 7) is 0.486. The Kier molecular flexibility index (Phi) is 3.16. The SMILES string of the molecule is Nc1ccc(-c2cnn(Cc3cncc(F)c3)c2)cc1. The minimum Gasteiger partial charge on any atom is -0.399 e. The van der Waals surface area contributed by atoms with Gasteiger partial charge in [0.15, 0.2) is 0 Å². The molecule has 3 aromatic rings. The van der Waals surface area contributed by atoms with Crippen molar-refractivity contribution in [2.24, 2.45) is 0 Å². The first-order valence-corrected chi connectivity index (χ1v) is 6.18. The van der Waals surface area contributed by atoms with Crippen molar-refractivity contribution in [2.45, 2.75) is 6.54 Å². The number of rotatable bonds is 3. The lowest BCUT2D eigenvalue weighted by molar-refractivity contribution is 0.611. The van der Waals surface area contributed by atoms with E-state index in [-0.39, 0.29) is 5.82 Å². The Morgan fingerprint density at radius 3 is 2.60 bits per heavy atom.